The van der Waals surface area contributed by atoms with Crippen LogP contribution in [0.15, 0.2) is 54.6 Å². The summed E-state index contributed by atoms with van der Waals surface area (Å²) in [5, 5.41) is 3.94. The molecule has 0 aliphatic rings. The van der Waals surface area contributed by atoms with E-state index in [2.05, 4.69) is 34.5 Å². The third kappa shape index (κ3) is 7.46. The summed E-state index contributed by atoms with van der Waals surface area (Å²) in [7, 11) is 1.65. The summed E-state index contributed by atoms with van der Waals surface area (Å²) in [4.78, 5) is 2.10. The van der Waals surface area contributed by atoms with Crippen LogP contribution in [0.4, 0.5) is 5.69 Å². The van der Waals surface area contributed by atoms with Crippen molar-refractivity contribution in [3.63, 3.8) is 0 Å². The summed E-state index contributed by atoms with van der Waals surface area (Å²) in [6, 6.07) is 18.1. The molecule has 0 amide bonds. The molecular weight excluding hydrogens is 372 g/mol. The first kappa shape index (κ1) is 22.1. The third-order valence-electron chi connectivity index (χ3n) is 4.20. The van der Waals surface area contributed by atoms with E-state index in [0.29, 0.717) is 24.9 Å². The Hall–Kier alpha value is -2.15. The molecule has 0 unspecified atom stereocenters. The number of benzene rings is 2. The molecule has 0 aromatic heterocycles. The van der Waals surface area contributed by atoms with Crippen LogP contribution < -0.4 is 10.1 Å². The Balaban J connectivity index is 2.08. The van der Waals surface area contributed by atoms with E-state index in [4.69, 9.17) is 26.4 Å². The number of nitrogens with zero attached hydrogens (tertiary/aromatic N) is 1. The van der Waals surface area contributed by atoms with Crippen molar-refractivity contribution in [2.45, 2.75) is 26.6 Å². The zero-order valence-corrected chi connectivity index (χ0v) is 17.7. The second kappa shape index (κ2) is 12.3. The zero-order valence-electron chi connectivity index (χ0n) is 16.9. The summed E-state index contributed by atoms with van der Waals surface area (Å²) in [6.07, 6.45) is 0.557. The average molecular weight is 403 g/mol. The summed E-state index contributed by atoms with van der Waals surface area (Å²) >= 11 is 5.70. The number of thiocarbonyl (C=S) groups is 1. The zero-order chi connectivity index (χ0) is 20.2. The summed E-state index contributed by atoms with van der Waals surface area (Å²) in [6.45, 7) is 6.43. The van der Waals surface area contributed by atoms with Crippen LogP contribution in [-0.4, -0.2) is 49.7 Å². The van der Waals surface area contributed by atoms with Crippen molar-refractivity contribution in [1.29, 1.82) is 0 Å². The lowest BCUT2D eigenvalue weighted by Gasteiger charge is -2.30. The molecule has 0 fully saturated rings. The number of hydrogen-bond acceptors (Lipinski definition) is 4. The highest BCUT2D eigenvalue weighted by molar-refractivity contribution is 7.80. The number of hydrogen-bond donors (Lipinski definition) is 1. The first-order valence-corrected chi connectivity index (χ1v) is 10.0. The largest absolute Gasteiger partial charge is 0.497 e. The molecule has 6 heteroatoms. The quantitative estimate of drug-likeness (QED) is 0.446. The Morgan fingerprint density at radius 2 is 1.75 bits per heavy atom. The van der Waals surface area contributed by atoms with Crippen molar-refractivity contribution in [2.75, 3.05) is 38.7 Å². The van der Waals surface area contributed by atoms with Gasteiger partial charge in [0.15, 0.2) is 11.4 Å². The van der Waals surface area contributed by atoms with E-state index in [1.165, 1.54) is 5.56 Å². The van der Waals surface area contributed by atoms with E-state index >= 15 is 0 Å². The molecule has 0 bridgehead atoms. The summed E-state index contributed by atoms with van der Waals surface area (Å²) in [5.74, 6) is 0.783. The lowest BCUT2D eigenvalue weighted by Crippen LogP contribution is -2.43. The van der Waals surface area contributed by atoms with Gasteiger partial charge < -0.3 is 24.4 Å². The first-order valence-electron chi connectivity index (χ1n) is 9.63. The van der Waals surface area contributed by atoms with Gasteiger partial charge in [-0.1, -0.05) is 36.4 Å². The number of ether oxygens (including phenoxy) is 3. The lowest BCUT2D eigenvalue weighted by molar-refractivity contribution is -0.141. The van der Waals surface area contributed by atoms with Crippen molar-refractivity contribution in [1.82, 2.24) is 4.90 Å². The van der Waals surface area contributed by atoms with Gasteiger partial charge in [-0.05, 0) is 50.2 Å². The van der Waals surface area contributed by atoms with Gasteiger partial charge in [-0.15, -0.1) is 0 Å². The molecule has 5 nitrogen and oxygen atoms in total. The Bertz CT molecular complexity index is 706. The first-order chi connectivity index (χ1) is 13.7. The van der Waals surface area contributed by atoms with Gasteiger partial charge in [-0.3, -0.25) is 0 Å². The summed E-state index contributed by atoms with van der Waals surface area (Å²) in [5.41, 5.74) is 2.15. The molecule has 0 heterocycles. The average Bonchev–Trinajstić information content (AvgIpc) is 2.72. The van der Waals surface area contributed by atoms with Crippen LogP contribution >= 0.6 is 12.2 Å². The second-order valence-electron chi connectivity index (χ2n) is 6.18. The van der Waals surface area contributed by atoms with Gasteiger partial charge in [-0.2, -0.15) is 0 Å². The molecule has 0 saturated heterocycles. The minimum Gasteiger partial charge on any atom is -0.497 e. The smallest absolute Gasteiger partial charge is 0.174 e. The van der Waals surface area contributed by atoms with Gasteiger partial charge in [-0.25, -0.2) is 0 Å². The maximum Gasteiger partial charge on any atom is 0.174 e. The molecule has 0 radical (unpaired) electrons. The van der Waals surface area contributed by atoms with Gasteiger partial charge in [0.1, 0.15) is 5.75 Å². The Kier molecular flexibility index (Phi) is 9.76. The fraction of sp³-hybridized carbons (Fsp3) is 0.409. The van der Waals surface area contributed by atoms with Gasteiger partial charge in [0, 0.05) is 31.5 Å². The summed E-state index contributed by atoms with van der Waals surface area (Å²) < 4.78 is 16.8. The van der Waals surface area contributed by atoms with Crippen LogP contribution in [-0.2, 0) is 15.9 Å². The SMILES string of the molecule is CCOC(CN(CCc1ccccc1)C(=S)Nc1cccc(OC)c1)OCC. The monoisotopic (exact) mass is 402 g/mol. The van der Waals surface area contributed by atoms with E-state index < -0.39 is 0 Å². The Morgan fingerprint density at radius 3 is 2.39 bits per heavy atom. The van der Waals surface area contributed by atoms with Gasteiger partial charge in [0.25, 0.3) is 0 Å². The molecule has 0 atom stereocenters. The van der Waals surface area contributed by atoms with Gasteiger partial charge in [0.2, 0.25) is 0 Å². The van der Waals surface area contributed by atoms with Crippen LogP contribution in [0.2, 0.25) is 0 Å². The number of nitrogens with one attached hydrogen (secondary N) is 1. The highest BCUT2D eigenvalue weighted by Gasteiger charge is 2.17. The fourth-order valence-corrected chi connectivity index (χ4v) is 3.08. The van der Waals surface area contributed by atoms with Crippen molar-refractivity contribution in [3.05, 3.63) is 60.2 Å². The van der Waals surface area contributed by atoms with E-state index in [0.717, 1.165) is 24.4 Å². The predicted octanol–water partition coefficient (Wildman–Crippen LogP) is 4.34. The lowest BCUT2D eigenvalue weighted by atomic mass is 10.1. The standard InChI is InChI=1S/C22H30N2O3S/c1-4-26-21(27-5-2)17-24(15-14-18-10-7-6-8-11-18)22(28)23-19-12-9-13-20(16-19)25-3/h6-13,16,21H,4-5,14-15,17H2,1-3H3,(H,23,28). The maximum absolute atomic E-state index is 5.73. The molecular formula is C22H30N2O3S. The molecule has 2 rings (SSSR count). The van der Waals surface area contributed by atoms with Crippen LogP contribution in [0.5, 0.6) is 5.75 Å². The number of methoxy groups -OCH3 is 1. The number of rotatable bonds is 11. The predicted molar refractivity (Wildman–Crippen MR) is 118 cm³/mol. The van der Waals surface area contributed by atoms with E-state index in [9.17, 15) is 0 Å². The molecule has 0 saturated carbocycles. The van der Waals surface area contributed by atoms with Crippen LogP contribution in [0.1, 0.15) is 19.4 Å². The second-order valence-corrected chi connectivity index (χ2v) is 6.57. The van der Waals surface area contributed by atoms with Crippen molar-refractivity contribution in [3.8, 4) is 5.75 Å². The maximum atomic E-state index is 5.73. The molecule has 0 aliphatic carbocycles. The minimum absolute atomic E-state index is 0.323. The van der Waals surface area contributed by atoms with Crippen molar-refractivity contribution in [2.24, 2.45) is 0 Å². The van der Waals surface area contributed by atoms with E-state index in [1.54, 1.807) is 7.11 Å². The van der Waals surface area contributed by atoms with E-state index in [-0.39, 0.29) is 6.29 Å². The molecule has 152 valence electrons. The molecule has 2 aromatic rings. The molecule has 0 aliphatic heterocycles. The van der Waals surface area contributed by atoms with Crippen LogP contribution in [0.25, 0.3) is 0 Å². The van der Waals surface area contributed by atoms with E-state index in [1.807, 2.05) is 44.2 Å². The Morgan fingerprint density at radius 1 is 1.04 bits per heavy atom. The molecule has 2 aromatic carbocycles. The minimum atomic E-state index is -0.323. The highest BCUT2D eigenvalue weighted by atomic mass is 32.1. The fourth-order valence-electron chi connectivity index (χ4n) is 2.79. The van der Waals surface area contributed by atoms with Crippen LogP contribution in [0.3, 0.4) is 0 Å². The van der Waals surface area contributed by atoms with Crippen molar-refractivity contribution < 1.29 is 14.2 Å². The third-order valence-corrected chi connectivity index (χ3v) is 4.56. The van der Waals surface area contributed by atoms with Gasteiger partial charge in [0.05, 0.1) is 13.7 Å². The normalized spacial score (nSPS) is 10.7. The molecule has 0 spiro atoms. The molecule has 1 N–H and O–H groups in total. The topological polar surface area (TPSA) is 43.0 Å². The molecule has 28 heavy (non-hydrogen) atoms. The van der Waals surface area contributed by atoms with Crippen LogP contribution in [0, 0.1) is 0 Å². The number of anilines is 1. The highest BCUT2D eigenvalue weighted by Crippen LogP contribution is 2.17. The van der Waals surface area contributed by atoms with Crippen molar-refractivity contribution >= 4 is 23.0 Å². The Labute approximate surface area is 173 Å². The van der Waals surface area contributed by atoms with Gasteiger partial charge >= 0.3 is 0 Å².